The van der Waals surface area contributed by atoms with E-state index in [4.69, 9.17) is 4.74 Å². The topological polar surface area (TPSA) is 50.3 Å². The summed E-state index contributed by atoms with van der Waals surface area (Å²) in [5.41, 5.74) is 1.76. The first-order valence-electron chi connectivity index (χ1n) is 7.16. The normalized spacial score (nSPS) is 20.4. The van der Waals surface area contributed by atoms with Gasteiger partial charge in [-0.3, -0.25) is 4.57 Å². The molecule has 1 atom stereocenters. The summed E-state index contributed by atoms with van der Waals surface area (Å²) in [6, 6.07) is 6.13. The van der Waals surface area contributed by atoms with Gasteiger partial charge in [0, 0.05) is 18.7 Å². The Kier molecular flexibility index (Phi) is 3.53. The number of hydrogen-bond donors (Lipinski definition) is 1. The van der Waals surface area contributed by atoms with E-state index in [9.17, 15) is 4.79 Å². The van der Waals surface area contributed by atoms with E-state index in [-0.39, 0.29) is 5.69 Å². The second kappa shape index (κ2) is 5.32. The Balaban J connectivity index is 1.97. The minimum Gasteiger partial charge on any atom is -0.497 e. The molecular formula is C15H21N3O2. The van der Waals surface area contributed by atoms with Gasteiger partial charge in [-0.1, -0.05) is 6.42 Å². The fourth-order valence-corrected chi connectivity index (χ4v) is 3.03. The fraction of sp³-hybridized carbons (Fsp3) is 0.533. The zero-order chi connectivity index (χ0) is 14.1. The first-order chi connectivity index (χ1) is 9.69. The van der Waals surface area contributed by atoms with E-state index in [0.29, 0.717) is 6.04 Å². The Labute approximate surface area is 118 Å². The van der Waals surface area contributed by atoms with E-state index < -0.39 is 0 Å². The molecule has 3 rings (SSSR count). The monoisotopic (exact) mass is 275 g/mol. The highest BCUT2D eigenvalue weighted by Crippen LogP contribution is 2.21. The molecule has 1 aliphatic rings. The zero-order valence-electron chi connectivity index (χ0n) is 12.1. The first kappa shape index (κ1) is 13.2. The average molecular weight is 275 g/mol. The summed E-state index contributed by atoms with van der Waals surface area (Å²) in [6.45, 7) is 1.85. The molecule has 5 heteroatoms. The smallest absolute Gasteiger partial charge is 0.326 e. The van der Waals surface area contributed by atoms with Crippen LogP contribution in [-0.2, 0) is 6.54 Å². The van der Waals surface area contributed by atoms with Crippen molar-refractivity contribution in [3.8, 4) is 5.75 Å². The van der Waals surface area contributed by atoms with Crippen LogP contribution in [0.5, 0.6) is 5.75 Å². The van der Waals surface area contributed by atoms with Crippen LogP contribution in [0.15, 0.2) is 23.0 Å². The molecule has 2 aromatic rings. The number of likely N-dealkylation sites (tertiary alicyclic amines) is 1. The van der Waals surface area contributed by atoms with E-state index in [0.717, 1.165) is 36.3 Å². The number of piperidine rings is 1. The van der Waals surface area contributed by atoms with Gasteiger partial charge in [0.25, 0.3) is 0 Å². The molecule has 5 nitrogen and oxygen atoms in total. The number of nitrogens with one attached hydrogen (secondary N) is 1. The van der Waals surface area contributed by atoms with Gasteiger partial charge in [-0.15, -0.1) is 0 Å². The van der Waals surface area contributed by atoms with Gasteiger partial charge in [0.1, 0.15) is 5.75 Å². The van der Waals surface area contributed by atoms with Crippen LogP contribution in [0, 0.1) is 0 Å². The number of benzene rings is 1. The Morgan fingerprint density at radius 3 is 3.00 bits per heavy atom. The molecule has 0 radical (unpaired) electrons. The number of imidazole rings is 1. The maximum Gasteiger partial charge on any atom is 0.326 e. The lowest BCUT2D eigenvalue weighted by Crippen LogP contribution is -2.40. The van der Waals surface area contributed by atoms with Crippen molar-refractivity contribution in [2.24, 2.45) is 0 Å². The number of likely N-dealkylation sites (N-methyl/N-ethyl adjacent to an activating group) is 1. The Bertz CT molecular complexity index is 659. The molecule has 1 aromatic heterocycles. The molecule has 1 fully saturated rings. The highest BCUT2D eigenvalue weighted by atomic mass is 16.5. The van der Waals surface area contributed by atoms with Crippen LogP contribution in [0.2, 0.25) is 0 Å². The number of rotatable bonds is 3. The van der Waals surface area contributed by atoms with Gasteiger partial charge in [-0.05, 0) is 38.6 Å². The molecule has 0 saturated carbocycles. The summed E-state index contributed by atoms with van der Waals surface area (Å²) >= 11 is 0. The molecule has 2 heterocycles. The number of ether oxygens (including phenoxy) is 1. The highest BCUT2D eigenvalue weighted by molar-refractivity contribution is 5.77. The van der Waals surface area contributed by atoms with Crippen molar-refractivity contribution in [2.75, 3.05) is 20.7 Å². The SMILES string of the molecule is COc1ccc2[nH]c(=O)n(CC3CCCCN3C)c2c1. The standard InChI is InChI=1S/C15H21N3O2/c1-17-8-4-3-5-11(17)10-18-14-9-12(20-2)6-7-13(14)16-15(18)19/h6-7,9,11H,3-5,8,10H2,1-2H3,(H,16,19). The molecule has 0 amide bonds. The van der Waals surface area contributed by atoms with Gasteiger partial charge in [-0.2, -0.15) is 0 Å². The summed E-state index contributed by atoms with van der Waals surface area (Å²) in [6.07, 6.45) is 3.65. The fourth-order valence-electron chi connectivity index (χ4n) is 3.03. The van der Waals surface area contributed by atoms with Crippen LogP contribution in [0.3, 0.4) is 0 Å². The number of H-pyrrole nitrogens is 1. The molecule has 1 N–H and O–H groups in total. The van der Waals surface area contributed by atoms with Gasteiger partial charge in [0.05, 0.1) is 18.1 Å². The largest absolute Gasteiger partial charge is 0.497 e. The van der Waals surface area contributed by atoms with Crippen molar-refractivity contribution in [1.82, 2.24) is 14.5 Å². The molecule has 1 aromatic carbocycles. The zero-order valence-corrected chi connectivity index (χ0v) is 12.1. The quantitative estimate of drug-likeness (QED) is 0.929. The summed E-state index contributed by atoms with van der Waals surface area (Å²) in [4.78, 5) is 17.4. The van der Waals surface area contributed by atoms with Gasteiger partial charge in [0.2, 0.25) is 0 Å². The minimum atomic E-state index is -0.0350. The molecule has 0 bridgehead atoms. The molecule has 108 valence electrons. The van der Waals surface area contributed by atoms with Crippen molar-refractivity contribution in [3.05, 3.63) is 28.7 Å². The number of methoxy groups -OCH3 is 1. The average Bonchev–Trinajstić information content (AvgIpc) is 2.77. The molecule has 0 aliphatic carbocycles. The predicted molar refractivity (Wildman–Crippen MR) is 79.4 cm³/mol. The van der Waals surface area contributed by atoms with Crippen molar-refractivity contribution >= 4 is 11.0 Å². The van der Waals surface area contributed by atoms with Crippen LogP contribution in [0.1, 0.15) is 19.3 Å². The Morgan fingerprint density at radius 1 is 1.40 bits per heavy atom. The van der Waals surface area contributed by atoms with Crippen molar-refractivity contribution in [3.63, 3.8) is 0 Å². The third-order valence-corrected chi connectivity index (χ3v) is 4.30. The molecular weight excluding hydrogens is 254 g/mol. The third kappa shape index (κ3) is 2.33. The number of aromatic amines is 1. The van der Waals surface area contributed by atoms with E-state index in [1.807, 2.05) is 22.8 Å². The lowest BCUT2D eigenvalue weighted by molar-refractivity contribution is 0.167. The van der Waals surface area contributed by atoms with E-state index in [1.54, 1.807) is 7.11 Å². The molecule has 1 unspecified atom stereocenters. The van der Waals surface area contributed by atoms with Crippen LogP contribution in [0.4, 0.5) is 0 Å². The summed E-state index contributed by atoms with van der Waals surface area (Å²) in [5.74, 6) is 0.780. The number of nitrogens with zero attached hydrogens (tertiary/aromatic N) is 2. The minimum absolute atomic E-state index is 0.0350. The summed E-state index contributed by atoms with van der Waals surface area (Å²) in [5, 5.41) is 0. The Morgan fingerprint density at radius 2 is 2.25 bits per heavy atom. The maximum absolute atomic E-state index is 12.2. The number of fused-ring (bicyclic) bond motifs is 1. The van der Waals surface area contributed by atoms with Crippen LogP contribution >= 0.6 is 0 Å². The number of hydrogen-bond acceptors (Lipinski definition) is 3. The van der Waals surface area contributed by atoms with E-state index in [1.165, 1.54) is 12.8 Å². The maximum atomic E-state index is 12.2. The molecule has 20 heavy (non-hydrogen) atoms. The van der Waals surface area contributed by atoms with Crippen LogP contribution in [-0.4, -0.2) is 41.2 Å². The third-order valence-electron chi connectivity index (χ3n) is 4.30. The Hall–Kier alpha value is -1.75. The molecule has 1 aliphatic heterocycles. The first-order valence-corrected chi connectivity index (χ1v) is 7.16. The second-order valence-corrected chi connectivity index (χ2v) is 5.55. The van der Waals surface area contributed by atoms with Crippen molar-refractivity contribution in [2.45, 2.75) is 31.8 Å². The van der Waals surface area contributed by atoms with Gasteiger partial charge >= 0.3 is 5.69 Å². The van der Waals surface area contributed by atoms with Crippen LogP contribution < -0.4 is 10.4 Å². The van der Waals surface area contributed by atoms with Crippen molar-refractivity contribution < 1.29 is 4.74 Å². The van der Waals surface area contributed by atoms with Gasteiger partial charge in [-0.25, -0.2) is 4.79 Å². The van der Waals surface area contributed by atoms with Gasteiger partial charge in [0.15, 0.2) is 0 Å². The van der Waals surface area contributed by atoms with E-state index in [2.05, 4.69) is 16.9 Å². The number of aromatic nitrogens is 2. The summed E-state index contributed by atoms with van der Waals surface area (Å²) < 4.78 is 7.10. The lowest BCUT2D eigenvalue weighted by Gasteiger charge is -2.32. The molecule has 0 spiro atoms. The lowest BCUT2D eigenvalue weighted by atomic mass is 10.0. The molecule has 1 saturated heterocycles. The predicted octanol–water partition coefficient (Wildman–Crippen LogP) is 1.82. The van der Waals surface area contributed by atoms with Crippen LogP contribution in [0.25, 0.3) is 11.0 Å². The van der Waals surface area contributed by atoms with E-state index >= 15 is 0 Å². The van der Waals surface area contributed by atoms with Gasteiger partial charge < -0.3 is 14.6 Å². The summed E-state index contributed by atoms with van der Waals surface area (Å²) in [7, 11) is 3.79. The van der Waals surface area contributed by atoms with Crippen molar-refractivity contribution in [1.29, 1.82) is 0 Å². The second-order valence-electron chi connectivity index (χ2n) is 5.55. The highest BCUT2D eigenvalue weighted by Gasteiger charge is 2.21.